The Balaban J connectivity index is 2.34. The number of nitrogens with two attached hydrogens (primary N) is 4. The first-order valence-corrected chi connectivity index (χ1v) is 7.21. The second kappa shape index (κ2) is 8.13. The molecule has 1 rings (SSSR count). The third kappa shape index (κ3) is 5.46. The van der Waals surface area contributed by atoms with Gasteiger partial charge in [0.25, 0.3) is 5.91 Å². The fourth-order valence-electron chi connectivity index (χ4n) is 2.37. The molecule has 1 heterocycles. The van der Waals surface area contributed by atoms with Gasteiger partial charge in [-0.2, -0.15) is 0 Å². The minimum Gasteiger partial charge on any atom is -0.369 e. The van der Waals surface area contributed by atoms with Crippen LogP contribution >= 0.6 is 0 Å². The number of hydrogen-bond donors (Lipinski definition) is 5. The maximum atomic E-state index is 12.2. The molecule has 0 saturated carbocycles. The van der Waals surface area contributed by atoms with Crippen LogP contribution in [0.5, 0.6) is 0 Å². The molecular weight excluding hydrogens is 272 g/mol. The average Bonchev–Trinajstić information content (AvgIpc) is 2.46. The molecule has 1 atom stereocenters. The summed E-state index contributed by atoms with van der Waals surface area (Å²) in [6.45, 7) is 2.25. The summed E-state index contributed by atoms with van der Waals surface area (Å²) in [4.78, 5) is 14.4. The van der Waals surface area contributed by atoms with Crippen molar-refractivity contribution in [3.8, 4) is 0 Å². The van der Waals surface area contributed by atoms with Gasteiger partial charge in [0, 0.05) is 6.54 Å². The molecule has 1 aliphatic heterocycles. The summed E-state index contributed by atoms with van der Waals surface area (Å²) in [6, 6.07) is -0.585. The predicted molar refractivity (Wildman–Crippen MR) is 81.6 cm³/mol. The monoisotopic (exact) mass is 300 g/mol. The van der Waals surface area contributed by atoms with Crippen LogP contribution in [0.1, 0.15) is 25.7 Å². The lowest BCUT2D eigenvalue weighted by Crippen LogP contribution is -2.55. The number of carbonyl (C=O) groups is 1. The number of nitrogens with one attached hydrogen (secondary N) is 1. The molecule has 1 saturated heterocycles. The van der Waals surface area contributed by atoms with Gasteiger partial charge in [0.2, 0.25) is 5.96 Å². The number of guanidine groups is 1. The van der Waals surface area contributed by atoms with Crippen LogP contribution in [0, 0.1) is 5.41 Å². The lowest BCUT2D eigenvalue weighted by molar-refractivity contribution is -0.136. The van der Waals surface area contributed by atoms with E-state index in [-0.39, 0.29) is 17.9 Å². The normalized spacial score (nSPS) is 18.3. The van der Waals surface area contributed by atoms with Crippen LogP contribution < -0.4 is 23.2 Å². The van der Waals surface area contributed by atoms with E-state index < -0.39 is 6.04 Å². The topological polar surface area (TPSA) is 155 Å². The maximum absolute atomic E-state index is 12.2. The first kappa shape index (κ1) is 17.6. The second-order valence-electron chi connectivity index (χ2n) is 5.61. The third-order valence-corrected chi connectivity index (χ3v) is 3.88. The first-order chi connectivity index (χ1) is 9.82. The van der Waals surface area contributed by atoms with E-state index in [4.69, 9.17) is 28.6 Å². The minimum absolute atomic E-state index is 0.0583. The van der Waals surface area contributed by atoms with Gasteiger partial charge in [-0.3, -0.25) is 20.2 Å². The van der Waals surface area contributed by atoms with Crippen LogP contribution in [-0.2, 0) is 4.79 Å². The highest BCUT2D eigenvalue weighted by atomic mass is 16.2. The van der Waals surface area contributed by atoms with Crippen molar-refractivity contribution in [2.45, 2.75) is 37.8 Å². The lowest BCUT2D eigenvalue weighted by atomic mass is 10.0. The molecule has 0 aliphatic carbocycles. The van der Waals surface area contributed by atoms with Gasteiger partial charge in [-0.15, -0.1) is 0 Å². The Labute approximate surface area is 125 Å². The summed E-state index contributed by atoms with van der Waals surface area (Å²) in [5.41, 5.74) is 11.1. The number of hydrogen-bond acceptors (Lipinski definition) is 6. The van der Waals surface area contributed by atoms with Crippen LogP contribution in [0.15, 0.2) is 0 Å². The summed E-state index contributed by atoms with van der Waals surface area (Å²) in [5, 5.41) is 9.55. The number of likely N-dealkylation sites (tertiary alicyclic amines) is 1. The summed E-state index contributed by atoms with van der Waals surface area (Å²) >= 11 is 0. The van der Waals surface area contributed by atoms with Crippen molar-refractivity contribution in [1.82, 2.24) is 14.9 Å². The molecule has 0 spiro atoms. The lowest BCUT2D eigenvalue weighted by Gasteiger charge is -2.35. The zero-order valence-electron chi connectivity index (χ0n) is 12.7. The van der Waals surface area contributed by atoms with Gasteiger partial charge in [0.05, 0.1) is 12.1 Å². The van der Waals surface area contributed by atoms with E-state index in [9.17, 15) is 4.79 Å². The van der Waals surface area contributed by atoms with Crippen molar-refractivity contribution in [2.24, 2.45) is 23.2 Å². The molecule has 0 aromatic heterocycles. The van der Waals surface area contributed by atoms with Crippen molar-refractivity contribution in [2.75, 3.05) is 26.7 Å². The fraction of sp³-hybridized carbons (Fsp3) is 0.833. The Morgan fingerprint density at radius 2 is 1.95 bits per heavy atom. The van der Waals surface area contributed by atoms with E-state index in [0.717, 1.165) is 30.9 Å². The molecule has 122 valence electrons. The number of rotatable bonds is 6. The average molecular weight is 300 g/mol. The molecule has 1 aliphatic rings. The number of nitrogens with zero attached hydrogens (tertiary/aromatic N) is 3. The molecule has 1 fully saturated rings. The van der Waals surface area contributed by atoms with Gasteiger partial charge in [-0.05, 0) is 45.8 Å². The molecule has 9 heteroatoms. The van der Waals surface area contributed by atoms with Gasteiger partial charge in [0.15, 0.2) is 0 Å². The zero-order chi connectivity index (χ0) is 16.0. The summed E-state index contributed by atoms with van der Waals surface area (Å²) < 4.78 is 0. The van der Waals surface area contributed by atoms with E-state index in [1.807, 2.05) is 0 Å². The quantitative estimate of drug-likeness (QED) is 0.124. The minimum atomic E-state index is -0.644. The molecule has 0 bridgehead atoms. The molecule has 9 N–H and O–H groups in total. The Morgan fingerprint density at radius 1 is 1.38 bits per heavy atom. The number of piperidine rings is 1. The van der Waals surface area contributed by atoms with Crippen LogP contribution in [0.3, 0.4) is 0 Å². The standard InChI is InChI=1S/C12H28N8O/c1-18-7-4-9(5-8-18)20(17)11(21)10(13)3-2-6-19(16)12(14)15/h9-10H,2-8,13,16-17H2,1H3,(H3,14,15)/t10-/m0/s1. The van der Waals surface area contributed by atoms with E-state index in [1.54, 1.807) is 0 Å². The molecule has 0 radical (unpaired) electrons. The largest absolute Gasteiger partial charge is 0.369 e. The Kier molecular flexibility index (Phi) is 6.82. The Bertz CT molecular complexity index is 355. The van der Waals surface area contributed by atoms with Crippen LogP contribution in [0.2, 0.25) is 0 Å². The predicted octanol–water partition coefficient (Wildman–Crippen LogP) is -2.04. The SMILES string of the molecule is CN1CCC(N(N)C(=O)[C@@H](N)CCCN(N)C(=N)N)CC1. The highest BCUT2D eigenvalue weighted by Gasteiger charge is 2.27. The molecule has 1 amide bonds. The van der Waals surface area contributed by atoms with Crippen LogP contribution in [0.25, 0.3) is 0 Å². The van der Waals surface area contributed by atoms with E-state index in [0.29, 0.717) is 19.4 Å². The highest BCUT2D eigenvalue weighted by Crippen LogP contribution is 2.14. The van der Waals surface area contributed by atoms with Gasteiger partial charge >= 0.3 is 0 Å². The molecule has 0 unspecified atom stereocenters. The second-order valence-corrected chi connectivity index (χ2v) is 5.61. The third-order valence-electron chi connectivity index (χ3n) is 3.88. The van der Waals surface area contributed by atoms with Crippen molar-refractivity contribution in [3.05, 3.63) is 0 Å². The van der Waals surface area contributed by atoms with E-state index >= 15 is 0 Å². The van der Waals surface area contributed by atoms with E-state index in [1.165, 1.54) is 5.01 Å². The van der Waals surface area contributed by atoms with Gasteiger partial charge in [-0.25, -0.2) is 11.7 Å². The molecule has 21 heavy (non-hydrogen) atoms. The van der Waals surface area contributed by atoms with Gasteiger partial charge in [-0.1, -0.05) is 0 Å². The molecule has 9 nitrogen and oxygen atoms in total. The Morgan fingerprint density at radius 3 is 2.48 bits per heavy atom. The molecule has 0 aromatic carbocycles. The molecular formula is C12H28N8O. The zero-order valence-corrected chi connectivity index (χ0v) is 12.7. The van der Waals surface area contributed by atoms with Gasteiger partial charge < -0.3 is 16.4 Å². The van der Waals surface area contributed by atoms with Crippen molar-refractivity contribution in [1.29, 1.82) is 5.41 Å². The summed E-state index contributed by atoms with van der Waals surface area (Å²) in [7, 11) is 2.05. The van der Waals surface area contributed by atoms with Crippen LogP contribution in [-0.4, -0.2) is 65.6 Å². The summed E-state index contributed by atoms with van der Waals surface area (Å²) in [5.74, 6) is 11.0. The van der Waals surface area contributed by atoms with Gasteiger partial charge in [0.1, 0.15) is 0 Å². The van der Waals surface area contributed by atoms with Crippen molar-refractivity contribution >= 4 is 11.9 Å². The number of hydrazine groups is 2. The smallest absolute Gasteiger partial charge is 0.253 e. The van der Waals surface area contributed by atoms with Crippen LogP contribution in [0.4, 0.5) is 0 Å². The van der Waals surface area contributed by atoms with E-state index in [2.05, 4.69) is 11.9 Å². The maximum Gasteiger partial charge on any atom is 0.253 e. The first-order valence-electron chi connectivity index (χ1n) is 7.21. The highest BCUT2D eigenvalue weighted by molar-refractivity contribution is 5.81. The van der Waals surface area contributed by atoms with Crippen molar-refractivity contribution in [3.63, 3.8) is 0 Å². The fourth-order valence-corrected chi connectivity index (χ4v) is 2.37. The molecule has 0 aromatic rings. The Hall–Kier alpha value is -1.42. The number of carbonyl (C=O) groups excluding carboxylic acids is 1. The van der Waals surface area contributed by atoms with Crippen molar-refractivity contribution < 1.29 is 4.79 Å². The summed E-state index contributed by atoms with van der Waals surface area (Å²) in [6.07, 6.45) is 2.77. The number of amides is 1.